The van der Waals surface area contributed by atoms with Crippen LogP contribution >= 0.6 is 12.2 Å². The zero-order valence-electron chi connectivity index (χ0n) is 15.5. The zero-order valence-corrected chi connectivity index (χ0v) is 16.3. The van der Waals surface area contributed by atoms with E-state index in [0.29, 0.717) is 11.7 Å². The number of fused-ring (bicyclic) bond motifs is 1. The maximum absolute atomic E-state index is 5.51. The lowest BCUT2D eigenvalue weighted by Gasteiger charge is -2.33. The zero-order chi connectivity index (χ0) is 18.6. The van der Waals surface area contributed by atoms with Crippen LogP contribution in [-0.2, 0) is 6.54 Å². The Morgan fingerprint density at radius 3 is 2.74 bits per heavy atom. The van der Waals surface area contributed by atoms with Crippen LogP contribution in [0.15, 0.2) is 42.5 Å². The number of hydrogen-bond acceptors (Lipinski definition) is 4. The van der Waals surface area contributed by atoms with Crippen LogP contribution < -0.4 is 29.9 Å². The van der Waals surface area contributed by atoms with Crippen molar-refractivity contribution in [2.24, 2.45) is 0 Å². The highest BCUT2D eigenvalue weighted by Gasteiger charge is 2.19. The molecule has 0 amide bonds. The smallest absolute Gasteiger partial charge is 0.231 e. The molecular weight excluding hydrogens is 360 g/mol. The molecule has 0 atom stereocenters. The van der Waals surface area contributed by atoms with Crippen LogP contribution in [0.25, 0.3) is 0 Å². The fourth-order valence-corrected chi connectivity index (χ4v) is 3.57. The number of quaternary nitrogens is 1. The van der Waals surface area contributed by atoms with Crippen molar-refractivity contribution in [2.75, 3.05) is 50.2 Å². The first kappa shape index (κ1) is 17.9. The van der Waals surface area contributed by atoms with Crippen molar-refractivity contribution < 1.29 is 14.4 Å². The maximum atomic E-state index is 5.51. The first-order valence-electron chi connectivity index (χ1n) is 9.28. The molecule has 0 unspecified atom stereocenters. The van der Waals surface area contributed by atoms with E-state index in [1.54, 1.807) is 4.90 Å². The third kappa shape index (κ3) is 4.26. The molecule has 2 aromatic rings. The molecule has 7 heteroatoms. The van der Waals surface area contributed by atoms with Gasteiger partial charge in [0.15, 0.2) is 16.6 Å². The first-order valence-corrected chi connectivity index (χ1v) is 9.68. The van der Waals surface area contributed by atoms with Gasteiger partial charge in [-0.2, -0.15) is 0 Å². The average Bonchev–Trinajstić information content (AvgIpc) is 3.15. The van der Waals surface area contributed by atoms with Gasteiger partial charge in [-0.25, -0.2) is 0 Å². The lowest BCUT2D eigenvalue weighted by atomic mass is 10.2. The summed E-state index contributed by atoms with van der Waals surface area (Å²) in [4.78, 5) is 4.01. The summed E-state index contributed by atoms with van der Waals surface area (Å²) in [6.45, 7) is 5.34. The SMILES string of the molecule is C[NH+]1CCN(c2ccccc2NC(=S)NCc2ccc3c(c2)OCO3)CC1. The lowest BCUT2D eigenvalue weighted by molar-refractivity contribution is -0.880. The summed E-state index contributed by atoms with van der Waals surface area (Å²) < 4.78 is 10.8. The number of hydrogen-bond donors (Lipinski definition) is 3. The molecule has 1 fully saturated rings. The monoisotopic (exact) mass is 385 g/mol. The van der Waals surface area contributed by atoms with Crippen molar-refractivity contribution in [3.63, 3.8) is 0 Å². The van der Waals surface area contributed by atoms with Gasteiger partial charge < -0.3 is 29.9 Å². The van der Waals surface area contributed by atoms with E-state index in [9.17, 15) is 0 Å². The van der Waals surface area contributed by atoms with E-state index in [4.69, 9.17) is 21.7 Å². The molecule has 0 aromatic heterocycles. The van der Waals surface area contributed by atoms with E-state index in [0.717, 1.165) is 48.9 Å². The molecule has 2 aromatic carbocycles. The first-order chi connectivity index (χ1) is 13.2. The Labute approximate surface area is 165 Å². The number of nitrogens with zero attached hydrogens (tertiary/aromatic N) is 1. The van der Waals surface area contributed by atoms with Gasteiger partial charge in [0.2, 0.25) is 6.79 Å². The second-order valence-electron chi connectivity index (χ2n) is 6.96. The molecule has 0 aliphatic carbocycles. The van der Waals surface area contributed by atoms with Gasteiger partial charge in [-0.1, -0.05) is 18.2 Å². The number of anilines is 2. The molecule has 0 bridgehead atoms. The number of benzene rings is 2. The van der Waals surface area contributed by atoms with Crippen LogP contribution in [-0.4, -0.2) is 45.1 Å². The van der Waals surface area contributed by atoms with Crippen molar-refractivity contribution in [3.8, 4) is 11.5 Å². The van der Waals surface area contributed by atoms with Gasteiger partial charge in [0.25, 0.3) is 0 Å². The molecule has 0 saturated carbocycles. The van der Waals surface area contributed by atoms with E-state index in [2.05, 4.69) is 40.8 Å². The molecule has 4 rings (SSSR count). The summed E-state index contributed by atoms with van der Waals surface area (Å²) >= 11 is 5.51. The lowest BCUT2D eigenvalue weighted by Crippen LogP contribution is -3.12. The Bertz CT molecular complexity index is 821. The second kappa shape index (κ2) is 8.02. The summed E-state index contributed by atoms with van der Waals surface area (Å²) in [6, 6.07) is 14.3. The highest BCUT2D eigenvalue weighted by molar-refractivity contribution is 7.80. The molecule has 0 radical (unpaired) electrons. The highest BCUT2D eigenvalue weighted by Crippen LogP contribution is 2.32. The van der Waals surface area contributed by atoms with Gasteiger partial charge in [0.1, 0.15) is 0 Å². The van der Waals surface area contributed by atoms with E-state index in [-0.39, 0.29) is 6.79 Å². The fourth-order valence-electron chi connectivity index (χ4n) is 3.38. The Kier molecular flexibility index (Phi) is 5.31. The molecule has 6 nitrogen and oxygen atoms in total. The molecule has 0 spiro atoms. The Hall–Kier alpha value is -2.51. The number of ether oxygens (including phenoxy) is 2. The van der Waals surface area contributed by atoms with Gasteiger partial charge in [0.05, 0.1) is 44.6 Å². The van der Waals surface area contributed by atoms with Gasteiger partial charge in [-0.15, -0.1) is 0 Å². The number of para-hydroxylation sites is 2. The number of piperazine rings is 1. The summed E-state index contributed by atoms with van der Waals surface area (Å²) in [7, 11) is 2.25. The van der Waals surface area contributed by atoms with Crippen LogP contribution in [0, 0.1) is 0 Å². The Morgan fingerprint density at radius 1 is 1.11 bits per heavy atom. The van der Waals surface area contributed by atoms with E-state index in [1.165, 1.54) is 5.69 Å². The van der Waals surface area contributed by atoms with Crippen LogP contribution in [0.2, 0.25) is 0 Å². The maximum Gasteiger partial charge on any atom is 0.231 e. The number of thiocarbonyl (C=S) groups is 1. The summed E-state index contributed by atoms with van der Waals surface area (Å²) in [5.41, 5.74) is 3.34. The number of nitrogens with one attached hydrogen (secondary N) is 3. The van der Waals surface area contributed by atoms with E-state index in [1.807, 2.05) is 24.3 Å². The molecule has 2 aliphatic heterocycles. The van der Waals surface area contributed by atoms with Crippen LogP contribution in [0.3, 0.4) is 0 Å². The molecule has 2 aliphatic rings. The predicted octanol–water partition coefficient (Wildman–Crippen LogP) is 1.24. The highest BCUT2D eigenvalue weighted by atomic mass is 32.1. The summed E-state index contributed by atoms with van der Waals surface area (Å²) in [5.74, 6) is 1.58. The minimum Gasteiger partial charge on any atom is -0.454 e. The Morgan fingerprint density at radius 2 is 1.89 bits per heavy atom. The fraction of sp³-hybridized carbons (Fsp3) is 0.350. The van der Waals surface area contributed by atoms with Gasteiger partial charge in [-0.05, 0) is 42.0 Å². The summed E-state index contributed by atoms with van der Waals surface area (Å²) in [5, 5.41) is 7.25. The van der Waals surface area contributed by atoms with Crippen molar-refractivity contribution in [3.05, 3.63) is 48.0 Å². The molecule has 1 saturated heterocycles. The van der Waals surface area contributed by atoms with E-state index >= 15 is 0 Å². The molecule has 27 heavy (non-hydrogen) atoms. The van der Waals surface area contributed by atoms with Gasteiger partial charge in [0, 0.05) is 6.54 Å². The average molecular weight is 386 g/mol. The minimum atomic E-state index is 0.288. The Balaban J connectivity index is 1.37. The second-order valence-corrected chi connectivity index (χ2v) is 7.36. The van der Waals surface area contributed by atoms with Crippen molar-refractivity contribution in [2.45, 2.75) is 6.54 Å². The van der Waals surface area contributed by atoms with Crippen molar-refractivity contribution in [1.82, 2.24) is 5.32 Å². The quantitative estimate of drug-likeness (QED) is 0.689. The minimum absolute atomic E-state index is 0.288. The molecule has 3 N–H and O–H groups in total. The largest absolute Gasteiger partial charge is 0.454 e. The van der Waals surface area contributed by atoms with E-state index < -0.39 is 0 Å². The topological polar surface area (TPSA) is 50.2 Å². The van der Waals surface area contributed by atoms with Gasteiger partial charge >= 0.3 is 0 Å². The predicted molar refractivity (Wildman–Crippen MR) is 111 cm³/mol. The molecule has 142 valence electrons. The van der Waals surface area contributed by atoms with Gasteiger partial charge in [-0.3, -0.25) is 0 Å². The van der Waals surface area contributed by atoms with Crippen LogP contribution in [0.5, 0.6) is 11.5 Å². The third-order valence-electron chi connectivity index (χ3n) is 5.00. The van der Waals surface area contributed by atoms with Crippen molar-refractivity contribution >= 4 is 28.7 Å². The van der Waals surface area contributed by atoms with Crippen molar-refractivity contribution in [1.29, 1.82) is 0 Å². The van der Waals surface area contributed by atoms with Crippen LogP contribution in [0.1, 0.15) is 5.56 Å². The normalized spacial score (nSPS) is 16.3. The standard InChI is InChI=1S/C20H24N4O2S/c1-23-8-10-24(11-9-23)17-5-3-2-4-16(17)22-20(27)21-13-15-6-7-18-19(12-15)26-14-25-18/h2-7,12H,8-11,13-14H2,1H3,(H2,21,22,27)/p+1. The molecular formula is C20H25N4O2S+. The van der Waals surface area contributed by atoms with Crippen LogP contribution in [0.4, 0.5) is 11.4 Å². The summed E-state index contributed by atoms with van der Waals surface area (Å²) in [6.07, 6.45) is 0. The molecule has 2 heterocycles. The number of rotatable bonds is 4. The number of likely N-dealkylation sites (N-methyl/N-ethyl adjacent to an activating group) is 1. The third-order valence-corrected chi connectivity index (χ3v) is 5.25.